The Labute approximate surface area is 203 Å². The number of hydrogen-bond donors (Lipinski definition) is 1. The molecule has 0 radical (unpaired) electrons. The van der Waals surface area contributed by atoms with Crippen molar-refractivity contribution in [3.63, 3.8) is 0 Å². The van der Waals surface area contributed by atoms with Gasteiger partial charge in [-0.15, -0.1) is 11.3 Å². The maximum Gasteiger partial charge on any atom is 0.247 e. The van der Waals surface area contributed by atoms with E-state index in [2.05, 4.69) is 5.32 Å². The van der Waals surface area contributed by atoms with Crippen molar-refractivity contribution in [1.29, 1.82) is 0 Å². The van der Waals surface area contributed by atoms with Crippen molar-refractivity contribution in [2.75, 3.05) is 7.11 Å². The fourth-order valence-electron chi connectivity index (χ4n) is 4.47. The summed E-state index contributed by atoms with van der Waals surface area (Å²) in [5, 5.41) is 5.07. The molecule has 0 bridgehead atoms. The van der Waals surface area contributed by atoms with Crippen LogP contribution < -0.4 is 10.1 Å². The quantitative estimate of drug-likeness (QED) is 0.454. The number of halogens is 1. The fraction of sp³-hybridized carbons (Fsp3) is 0.333. The zero-order valence-corrected chi connectivity index (χ0v) is 20.0. The summed E-state index contributed by atoms with van der Waals surface area (Å²) in [7, 11) is 1.58. The number of ether oxygens (including phenoxy) is 1. The molecular formula is C27H29FN2O3S. The number of hydrogen-bond acceptors (Lipinski definition) is 4. The molecule has 1 aliphatic rings. The van der Waals surface area contributed by atoms with Crippen molar-refractivity contribution in [1.82, 2.24) is 10.2 Å². The summed E-state index contributed by atoms with van der Waals surface area (Å²) >= 11 is 1.50. The number of benzene rings is 2. The number of amides is 2. The number of thiophene rings is 1. The molecule has 7 heteroatoms. The highest BCUT2D eigenvalue weighted by molar-refractivity contribution is 7.10. The van der Waals surface area contributed by atoms with E-state index in [9.17, 15) is 14.0 Å². The van der Waals surface area contributed by atoms with Crippen molar-refractivity contribution in [2.24, 2.45) is 0 Å². The summed E-state index contributed by atoms with van der Waals surface area (Å²) in [5.41, 5.74) is 1.37. The van der Waals surface area contributed by atoms with Gasteiger partial charge in [-0.25, -0.2) is 4.39 Å². The highest BCUT2D eigenvalue weighted by Gasteiger charge is 2.33. The first-order chi connectivity index (χ1) is 16.5. The second kappa shape index (κ2) is 11.3. The number of nitrogens with zero attached hydrogens (tertiary/aromatic N) is 1. The lowest BCUT2D eigenvalue weighted by Gasteiger charge is -2.33. The monoisotopic (exact) mass is 480 g/mol. The molecule has 1 heterocycles. The van der Waals surface area contributed by atoms with Gasteiger partial charge in [-0.3, -0.25) is 9.59 Å². The molecule has 1 aliphatic carbocycles. The molecule has 2 amide bonds. The van der Waals surface area contributed by atoms with Crippen molar-refractivity contribution in [2.45, 2.75) is 50.7 Å². The molecule has 34 heavy (non-hydrogen) atoms. The van der Waals surface area contributed by atoms with Crippen LogP contribution in [0, 0.1) is 5.82 Å². The van der Waals surface area contributed by atoms with E-state index < -0.39 is 6.04 Å². The highest BCUT2D eigenvalue weighted by Crippen LogP contribution is 2.29. The van der Waals surface area contributed by atoms with Crippen molar-refractivity contribution in [3.05, 3.63) is 87.9 Å². The standard InChI is InChI=1S/C27H29FN2O3S/c1-33-24-11-5-2-7-20(24)18-30(25(31)17-23-10-6-16-34-23)26(19-12-14-21(28)15-13-19)27(32)29-22-8-3-4-9-22/h2,5-7,10-16,22,26H,3-4,8-9,17-18H2,1H3,(H,29,32)/t26-/m0/s1. The van der Waals surface area contributed by atoms with Crippen LogP contribution in [0.5, 0.6) is 5.75 Å². The van der Waals surface area contributed by atoms with Gasteiger partial charge in [0.05, 0.1) is 20.1 Å². The summed E-state index contributed by atoms with van der Waals surface area (Å²) in [4.78, 5) is 29.8. The first-order valence-electron chi connectivity index (χ1n) is 11.5. The third-order valence-corrected chi connectivity index (χ3v) is 7.08. The molecule has 1 N–H and O–H groups in total. The SMILES string of the molecule is COc1ccccc1CN(C(=O)Cc1cccs1)[C@H](C(=O)NC1CCCC1)c1ccc(F)cc1. The minimum Gasteiger partial charge on any atom is -0.496 e. The zero-order chi connectivity index (χ0) is 23.9. The van der Waals surface area contributed by atoms with E-state index in [-0.39, 0.29) is 36.6 Å². The van der Waals surface area contributed by atoms with E-state index in [1.165, 1.54) is 23.5 Å². The van der Waals surface area contributed by atoms with Gasteiger partial charge in [0.2, 0.25) is 11.8 Å². The Kier molecular flexibility index (Phi) is 7.95. The van der Waals surface area contributed by atoms with E-state index in [4.69, 9.17) is 4.74 Å². The molecular weight excluding hydrogens is 451 g/mol. The van der Waals surface area contributed by atoms with E-state index in [1.807, 2.05) is 41.8 Å². The Morgan fingerprint density at radius 1 is 1.09 bits per heavy atom. The molecule has 1 saturated carbocycles. The Bertz CT molecular complexity index is 1100. The van der Waals surface area contributed by atoms with Gasteiger partial charge in [0.15, 0.2) is 0 Å². The number of nitrogens with one attached hydrogen (secondary N) is 1. The molecule has 0 aliphatic heterocycles. The predicted octanol–water partition coefficient (Wildman–Crippen LogP) is 5.27. The van der Waals surface area contributed by atoms with Crippen LogP contribution in [0.1, 0.15) is 47.7 Å². The third-order valence-electron chi connectivity index (χ3n) is 6.21. The molecule has 4 rings (SSSR count). The van der Waals surface area contributed by atoms with Gasteiger partial charge in [-0.2, -0.15) is 0 Å². The lowest BCUT2D eigenvalue weighted by Crippen LogP contribution is -2.46. The normalized spacial score (nSPS) is 14.5. The minimum atomic E-state index is -0.890. The summed E-state index contributed by atoms with van der Waals surface area (Å²) in [6.07, 6.45) is 4.19. The summed E-state index contributed by atoms with van der Waals surface area (Å²) in [6, 6.07) is 16.3. The Balaban J connectivity index is 1.72. The van der Waals surface area contributed by atoms with Crippen LogP contribution in [0.4, 0.5) is 4.39 Å². The Hall–Kier alpha value is -3.19. The average molecular weight is 481 g/mol. The first-order valence-corrected chi connectivity index (χ1v) is 12.4. The molecule has 2 aromatic carbocycles. The Morgan fingerprint density at radius 3 is 2.50 bits per heavy atom. The van der Waals surface area contributed by atoms with Gasteiger partial charge in [0.25, 0.3) is 0 Å². The second-order valence-corrected chi connectivity index (χ2v) is 9.57. The van der Waals surface area contributed by atoms with E-state index in [1.54, 1.807) is 24.1 Å². The maximum absolute atomic E-state index is 13.7. The van der Waals surface area contributed by atoms with E-state index in [0.29, 0.717) is 11.3 Å². The third kappa shape index (κ3) is 5.83. The van der Waals surface area contributed by atoms with Crippen LogP contribution in [0.15, 0.2) is 66.0 Å². The van der Waals surface area contributed by atoms with Crippen molar-refractivity contribution < 1.29 is 18.7 Å². The van der Waals surface area contributed by atoms with Crippen molar-refractivity contribution in [3.8, 4) is 5.75 Å². The molecule has 5 nitrogen and oxygen atoms in total. The second-order valence-electron chi connectivity index (χ2n) is 8.53. The van der Waals surface area contributed by atoms with Crippen LogP contribution in [0.3, 0.4) is 0 Å². The number of rotatable bonds is 9. The molecule has 0 spiro atoms. The van der Waals surface area contributed by atoms with Gasteiger partial charge >= 0.3 is 0 Å². The van der Waals surface area contributed by atoms with Gasteiger partial charge in [-0.1, -0.05) is 49.2 Å². The highest BCUT2D eigenvalue weighted by atomic mass is 32.1. The molecule has 1 atom stereocenters. The van der Waals surface area contributed by atoms with Crippen LogP contribution >= 0.6 is 11.3 Å². The maximum atomic E-state index is 13.7. The largest absolute Gasteiger partial charge is 0.496 e. The van der Waals surface area contributed by atoms with Crippen LogP contribution in [-0.4, -0.2) is 29.9 Å². The fourth-order valence-corrected chi connectivity index (χ4v) is 5.17. The topological polar surface area (TPSA) is 58.6 Å². The summed E-state index contributed by atoms with van der Waals surface area (Å²) < 4.78 is 19.3. The van der Waals surface area contributed by atoms with Crippen LogP contribution in [0.2, 0.25) is 0 Å². The van der Waals surface area contributed by atoms with Gasteiger partial charge in [-0.05, 0) is 48.1 Å². The predicted molar refractivity (Wildman–Crippen MR) is 131 cm³/mol. The Morgan fingerprint density at radius 2 is 1.82 bits per heavy atom. The molecule has 1 fully saturated rings. The zero-order valence-electron chi connectivity index (χ0n) is 19.2. The number of carbonyl (C=O) groups is 2. The molecule has 1 aromatic heterocycles. The number of carbonyl (C=O) groups excluding carboxylic acids is 2. The summed E-state index contributed by atoms with van der Waals surface area (Å²) in [5.74, 6) is -0.164. The first kappa shape index (κ1) is 24.0. The van der Waals surface area contributed by atoms with Crippen LogP contribution in [-0.2, 0) is 22.6 Å². The van der Waals surface area contributed by atoms with E-state index >= 15 is 0 Å². The number of methoxy groups -OCH3 is 1. The lowest BCUT2D eigenvalue weighted by molar-refractivity contribution is -0.141. The minimum absolute atomic E-state index is 0.0935. The molecule has 0 unspecified atom stereocenters. The van der Waals surface area contributed by atoms with E-state index in [0.717, 1.165) is 36.1 Å². The smallest absolute Gasteiger partial charge is 0.247 e. The molecule has 3 aromatic rings. The van der Waals surface area contributed by atoms with Gasteiger partial charge < -0.3 is 15.0 Å². The summed E-state index contributed by atoms with van der Waals surface area (Å²) in [6.45, 7) is 0.189. The lowest BCUT2D eigenvalue weighted by atomic mass is 10.0. The van der Waals surface area contributed by atoms with Gasteiger partial charge in [0.1, 0.15) is 17.6 Å². The number of para-hydroxylation sites is 1. The van der Waals surface area contributed by atoms with Gasteiger partial charge in [0, 0.05) is 16.5 Å². The molecule has 0 saturated heterocycles. The molecule has 178 valence electrons. The van der Waals surface area contributed by atoms with Crippen LogP contribution in [0.25, 0.3) is 0 Å². The van der Waals surface area contributed by atoms with Crippen molar-refractivity contribution >= 4 is 23.2 Å². The average Bonchev–Trinajstić information content (AvgIpc) is 3.54.